The third-order valence-corrected chi connectivity index (χ3v) is 3.05. The second kappa shape index (κ2) is 5.24. The number of carboxylic acid groups (broad SMARTS) is 1. The van der Waals surface area contributed by atoms with Crippen LogP contribution in [-0.2, 0) is 7.05 Å². The van der Waals surface area contributed by atoms with E-state index in [1.54, 1.807) is 37.8 Å². The van der Waals surface area contributed by atoms with Gasteiger partial charge in [0.25, 0.3) is 5.56 Å². The number of hydrogen-bond acceptors (Lipinski definition) is 5. The zero-order chi connectivity index (χ0) is 15.7. The molecular weight excluding hydrogens is 286 g/mol. The SMILES string of the molecule is Cn1cc(-n2nc(-c3ccncc3)cc(C(=O)O)c2=O)cn1. The van der Waals surface area contributed by atoms with Crippen molar-refractivity contribution < 1.29 is 9.90 Å². The Bertz CT molecular complexity index is 898. The van der Waals surface area contributed by atoms with Gasteiger partial charge in [0.1, 0.15) is 11.3 Å². The van der Waals surface area contributed by atoms with E-state index >= 15 is 0 Å². The van der Waals surface area contributed by atoms with E-state index in [1.807, 2.05) is 0 Å². The number of carboxylic acids is 1. The molecule has 0 unspecified atom stereocenters. The molecule has 0 spiro atoms. The summed E-state index contributed by atoms with van der Waals surface area (Å²) in [5.74, 6) is -1.31. The van der Waals surface area contributed by atoms with Crippen LogP contribution in [0.4, 0.5) is 0 Å². The number of pyridine rings is 1. The van der Waals surface area contributed by atoms with Crippen LogP contribution in [-0.4, -0.2) is 35.6 Å². The van der Waals surface area contributed by atoms with Gasteiger partial charge in [0.15, 0.2) is 0 Å². The molecule has 0 atom stereocenters. The summed E-state index contributed by atoms with van der Waals surface area (Å²) in [4.78, 5) is 27.5. The van der Waals surface area contributed by atoms with Crippen molar-refractivity contribution in [2.75, 3.05) is 0 Å². The van der Waals surface area contributed by atoms with Gasteiger partial charge in [-0.2, -0.15) is 14.9 Å². The summed E-state index contributed by atoms with van der Waals surface area (Å²) in [6, 6.07) is 4.63. The highest BCUT2D eigenvalue weighted by atomic mass is 16.4. The first-order valence-electron chi connectivity index (χ1n) is 6.33. The van der Waals surface area contributed by atoms with E-state index < -0.39 is 11.5 Å². The molecule has 1 N–H and O–H groups in total. The topological polar surface area (TPSA) is 103 Å². The molecule has 0 amide bonds. The van der Waals surface area contributed by atoms with Crippen molar-refractivity contribution in [2.24, 2.45) is 7.05 Å². The van der Waals surface area contributed by atoms with Crippen molar-refractivity contribution in [2.45, 2.75) is 0 Å². The van der Waals surface area contributed by atoms with E-state index in [-0.39, 0.29) is 5.56 Å². The zero-order valence-corrected chi connectivity index (χ0v) is 11.5. The Morgan fingerprint density at radius 1 is 1.27 bits per heavy atom. The molecule has 3 rings (SSSR count). The first kappa shape index (κ1) is 13.7. The summed E-state index contributed by atoms with van der Waals surface area (Å²) in [5.41, 5.74) is 0.355. The molecule has 3 heterocycles. The van der Waals surface area contributed by atoms with Crippen LogP contribution in [0.2, 0.25) is 0 Å². The minimum Gasteiger partial charge on any atom is -0.477 e. The normalized spacial score (nSPS) is 10.6. The molecule has 22 heavy (non-hydrogen) atoms. The number of carbonyl (C=O) groups is 1. The highest BCUT2D eigenvalue weighted by Crippen LogP contribution is 2.16. The Balaban J connectivity index is 2.28. The van der Waals surface area contributed by atoms with Crippen LogP contribution in [0.5, 0.6) is 0 Å². The fourth-order valence-electron chi connectivity index (χ4n) is 2.00. The molecule has 0 saturated carbocycles. The Morgan fingerprint density at radius 3 is 2.59 bits per heavy atom. The van der Waals surface area contributed by atoms with E-state index in [9.17, 15) is 14.7 Å². The predicted molar refractivity (Wildman–Crippen MR) is 76.8 cm³/mol. The van der Waals surface area contributed by atoms with Gasteiger partial charge in [-0.3, -0.25) is 14.5 Å². The van der Waals surface area contributed by atoms with E-state index in [4.69, 9.17) is 0 Å². The number of aryl methyl sites for hydroxylation is 1. The van der Waals surface area contributed by atoms with Gasteiger partial charge in [-0.25, -0.2) is 4.79 Å². The largest absolute Gasteiger partial charge is 0.477 e. The van der Waals surface area contributed by atoms with Gasteiger partial charge < -0.3 is 5.11 Å². The van der Waals surface area contributed by atoms with Crippen molar-refractivity contribution in [3.63, 3.8) is 0 Å². The summed E-state index contributed by atoms with van der Waals surface area (Å²) in [6.07, 6.45) is 6.15. The molecule has 3 aromatic heterocycles. The lowest BCUT2D eigenvalue weighted by Gasteiger charge is -2.07. The van der Waals surface area contributed by atoms with Crippen LogP contribution < -0.4 is 5.56 Å². The number of nitrogens with zero attached hydrogens (tertiary/aromatic N) is 5. The van der Waals surface area contributed by atoms with E-state index in [2.05, 4.69) is 15.2 Å². The minimum atomic E-state index is -1.31. The van der Waals surface area contributed by atoms with Crippen LogP contribution in [0.3, 0.4) is 0 Å². The molecule has 110 valence electrons. The number of aromatic nitrogens is 5. The van der Waals surface area contributed by atoms with Gasteiger partial charge in [-0.05, 0) is 18.2 Å². The molecule has 8 heteroatoms. The summed E-state index contributed by atoms with van der Waals surface area (Å²) in [5, 5.41) is 17.4. The predicted octanol–water partition coefficient (Wildman–Crippen LogP) is 0.726. The number of aromatic carboxylic acids is 1. The molecule has 0 aliphatic carbocycles. The quantitative estimate of drug-likeness (QED) is 0.764. The smallest absolute Gasteiger partial charge is 0.341 e. The monoisotopic (exact) mass is 297 g/mol. The van der Waals surface area contributed by atoms with Crippen molar-refractivity contribution in [1.82, 2.24) is 24.5 Å². The zero-order valence-electron chi connectivity index (χ0n) is 11.5. The summed E-state index contributed by atoms with van der Waals surface area (Å²) in [7, 11) is 1.69. The Hall–Kier alpha value is -3.29. The molecule has 0 bridgehead atoms. The van der Waals surface area contributed by atoms with Crippen molar-refractivity contribution in [1.29, 1.82) is 0 Å². The highest BCUT2D eigenvalue weighted by molar-refractivity contribution is 5.88. The molecule has 0 fully saturated rings. The van der Waals surface area contributed by atoms with Crippen LogP contribution >= 0.6 is 0 Å². The van der Waals surface area contributed by atoms with Crippen LogP contribution in [0.25, 0.3) is 16.9 Å². The fraction of sp³-hybridized carbons (Fsp3) is 0.0714. The van der Waals surface area contributed by atoms with Crippen molar-refractivity contribution in [3.8, 4) is 16.9 Å². The summed E-state index contributed by atoms with van der Waals surface area (Å²) < 4.78 is 2.54. The maximum Gasteiger partial charge on any atom is 0.341 e. The highest BCUT2D eigenvalue weighted by Gasteiger charge is 2.17. The average Bonchev–Trinajstić information content (AvgIpc) is 2.94. The van der Waals surface area contributed by atoms with Crippen molar-refractivity contribution >= 4 is 5.97 Å². The number of hydrogen-bond donors (Lipinski definition) is 1. The lowest BCUT2D eigenvalue weighted by Crippen LogP contribution is -2.27. The summed E-state index contributed by atoms with van der Waals surface area (Å²) in [6.45, 7) is 0. The summed E-state index contributed by atoms with van der Waals surface area (Å²) >= 11 is 0. The first-order valence-corrected chi connectivity index (χ1v) is 6.33. The molecule has 0 radical (unpaired) electrons. The van der Waals surface area contributed by atoms with Gasteiger partial charge in [-0.15, -0.1) is 0 Å². The molecule has 0 aliphatic rings. The van der Waals surface area contributed by atoms with Crippen molar-refractivity contribution in [3.05, 3.63) is 58.9 Å². The fourth-order valence-corrected chi connectivity index (χ4v) is 2.00. The molecule has 0 aliphatic heterocycles. The Labute approximate surface area is 124 Å². The molecular formula is C14H11N5O3. The number of rotatable bonds is 3. The minimum absolute atomic E-state index is 0.356. The average molecular weight is 297 g/mol. The van der Waals surface area contributed by atoms with Gasteiger partial charge in [0.05, 0.1) is 18.1 Å². The maximum atomic E-state index is 12.3. The molecule has 3 aromatic rings. The van der Waals surface area contributed by atoms with Crippen LogP contribution in [0.1, 0.15) is 10.4 Å². The Morgan fingerprint density at radius 2 is 2.00 bits per heavy atom. The third-order valence-electron chi connectivity index (χ3n) is 3.05. The second-order valence-corrected chi connectivity index (χ2v) is 4.57. The standard InChI is InChI=1S/C14H11N5O3/c1-18-8-10(7-16-18)19-13(20)11(14(21)22)6-12(17-19)9-2-4-15-5-3-9/h2-8H,1H3,(H,21,22). The van der Waals surface area contributed by atoms with E-state index in [0.717, 1.165) is 4.68 Å². The van der Waals surface area contributed by atoms with Gasteiger partial charge in [-0.1, -0.05) is 0 Å². The Kier molecular flexibility index (Phi) is 3.26. The van der Waals surface area contributed by atoms with E-state index in [0.29, 0.717) is 16.9 Å². The second-order valence-electron chi connectivity index (χ2n) is 4.57. The molecule has 8 nitrogen and oxygen atoms in total. The third kappa shape index (κ3) is 2.37. The van der Waals surface area contributed by atoms with Crippen LogP contribution in [0, 0.1) is 0 Å². The van der Waals surface area contributed by atoms with Gasteiger partial charge in [0.2, 0.25) is 0 Å². The van der Waals surface area contributed by atoms with Gasteiger partial charge in [0, 0.05) is 25.0 Å². The molecule has 0 saturated heterocycles. The van der Waals surface area contributed by atoms with Crippen LogP contribution in [0.15, 0.2) is 47.8 Å². The maximum absolute atomic E-state index is 12.3. The molecule has 0 aromatic carbocycles. The van der Waals surface area contributed by atoms with Gasteiger partial charge >= 0.3 is 5.97 Å². The lowest BCUT2D eigenvalue weighted by molar-refractivity contribution is 0.0694. The van der Waals surface area contributed by atoms with E-state index in [1.165, 1.54) is 16.9 Å². The first-order chi connectivity index (χ1) is 10.6. The lowest BCUT2D eigenvalue weighted by atomic mass is 10.1.